The summed E-state index contributed by atoms with van der Waals surface area (Å²) in [5.41, 5.74) is -1.05. The van der Waals surface area contributed by atoms with Crippen molar-refractivity contribution in [2.24, 2.45) is 0 Å². The van der Waals surface area contributed by atoms with E-state index >= 15 is 0 Å². The number of nitrogens with zero attached hydrogens (tertiary/aromatic N) is 4. The van der Waals surface area contributed by atoms with Gasteiger partial charge in [0.2, 0.25) is 0 Å². The fraction of sp³-hybridized carbons (Fsp3) is 0.381. The number of hydrogen-bond donors (Lipinski definition) is 1. The first-order valence-corrected chi connectivity index (χ1v) is 9.77. The van der Waals surface area contributed by atoms with E-state index in [1.54, 1.807) is 40.4 Å². The van der Waals surface area contributed by atoms with Crippen molar-refractivity contribution in [2.45, 2.75) is 19.1 Å². The van der Waals surface area contributed by atoms with Crippen LogP contribution in [0.15, 0.2) is 42.7 Å². The molecule has 0 bridgehead atoms. The van der Waals surface area contributed by atoms with Gasteiger partial charge in [0.25, 0.3) is 0 Å². The number of halogens is 3. The van der Waals surface area contributed by atoms with Crippen LogP contribution in [-0.4, -0.2) is 54.7 Å². The molecule has 1 aliphatic heterocycles. The zero-order valence-corrected chi connectivity index (χ0v) is 16.9. The molecule has 0 aliphatic carbocycles. The van der Waals surface area contributed by atoms with Crippen LogP contribution in [-0.2, 0) is 6.18 Å². The number of pyridine rings is 1. The van der Waals surface area contributed by atoms with Gasteiger partial charge in [0.1, 0.15) is 12.4 Å². The Morgan fingerprint density at radius 3 is 2.81 bits per heavy atom. The molecule has 1 fully saturated rings. The number of rotatable bonds is 5. The standard InChI is InChI=1S/C21H22F3N5O2/c1-2-27-20(30)29-9-8-28(13-17(29)14-31-18-4-3-7-26-12-18)16-6-5-15(11-25)19(10-16)21(22,23)24/h3-7,10,12,17H,2,8-9,13-14H2,1H3,(H,27,30). The van der Waals surface area contributed by atoms with Gasteiger partial charge in [0.15, 0.2) is 0 Å². The summed E-state index contributed by atoms with van der Waals surface area (Å²) in [7, 11) is 0. The van der Waals surface area contributed by atoms with E-state index in [0.717, 1.165) is 6.07 Å². The highest BCUT2D eigenvalue weighted by Crippen LogP contribution is 2.35. The van der Waals surface area contributed by atoms with Crippen LogP contribution in [0.25, 0.3) is 0 Å². The van der Waals surface area contributed by atoms with E-state index in [0.29, 0.717) is 31.1 Å². The molecule has 2 amide bonds. The van der Waals surface area contributed by atoms with Gasteiger partial charge in [0.05, 0.1) is 29.4 Å². The number of nitriles is 1. The molecule has 1 aromatic carbocycles. The first-order chi connectivity index (χ1) is 14.8. The Morgan fingerprint density at radius 1 is 1.35 bits per heavy atom. The Bertz CT molecular complexity index is 946. The predicted octanol–water partition coefficient (Wildman–Crippen LogP) is 3.27. The van der Waals surface area contributed by atoms with Crippen LogP contribution in [0.1, 0.15) is 18.1 Å². The summed E-state index contributed by atoms with van der Waals surface area (Å²) in [6.07, 6.45) is -1.47. The third-order valence-electron chi connectivity index (χ3n) is 4.94. The lowest BCUT2D eigenvalue weighted by Gasteiger charge is -2.42. The van der Waals surface area contributed by atoms with Gasteiger partial charge < -0.3 is 19.9 Å². The normalized spacial score (nSPS) is 16.5. The van der Waals surface area contributed by atoms with Gasteiger partial charge in [-0.15, -0.1) is 0 Å². The lowest BCUT2D eigenvalue weighted by Crippen LogP contribution is -2.59. The van der Waals surface area contributed by atoms with Gasteiger partial charge >= 0.3 is 12.2 Å². The largest absolute Gasteiger partial charge is 0.490 e. The van der Waals surface area contributed by atoms with E-state index < -0.39 is 23.3 Å². The van der Waals surface area contributed by atoms with Crippen LogP contribution in [0.3, 0.4) is 0 Å². The zero-order valence-electron chi connectivity index (χ0n) is 16.9. The zero-order chi connectivity index (χ0) is 22.4. The van der Waals surface area contributed by atoms with Crippen molar-refractivity contribution in [2.75, 3.05) is 37.7 Å². The molecule has 1 aromatic heterocycles. The Balaban J connectivity index is 1.82. The molecule has 2 heterocycles. The van der Waals surface area contributed by atoms with Gasteiger partial charge in [-0.05, 0) is 37.3 Å². The van der Waals surface area contributed by atoms with E-state index in [-0.39, 0.29) is 19.2 Å². The minimum Gasteiger partial charge on any atom is -0.490 e. The summed E-state index contributed by atoms with van der Waals surface area (Å²) in [5, 5.41) is 11.8. The smallest absolute Gasteiger partial charge is 0.417 e. The monoisotopic (exact) mass is 433 g/mol. The Kier molecular flexibility index (Phi) is 6.84. The van der Waals surface area contributed by atoms with E-state index in [9.17, 15) is 18.0 Å². The van der Waals surface area contributed by atoms with Gasteiger partial charge in [-0.3, -0.25) is 4.98 Å². The van der Waals surface area contributed by atoms with Gasteiger partial charge in [-0.1, -0.05) is 0 Å². The Labute approximate surface area is 178 Å². The van der Waals surface area contributed by atoms with Crippen LogP contribution in [0.5, 0.6) is 5.75 Å². The van der Waals surface area contributed by atoms with Crippen LogP contribution in [0.2, 0.25) is 0 Å². The number of piperazine rings is 1. The molecular formula is C21H22F3N5O2. The second-order valence-corrected chi connectivity index (χ2v) is 6.97. The van der Waals surface area contributed by atoms with E-state index in [1.807, 2.05) is 6.92 Å². The number of aromatic nitrogens is 1. The van der Waals surface area contributed by atoms with Crippen LogP contribution >= 0.6 is 0 Å². The van der Waals surface area contributed by atoms with Crippen molar-refractivity contribution in [1.29, 1.82) is 5.26 Å². The molecule has 0 radical (unpaired) electrons. The molecule has 164 valence electrons. The molecule has 1 saturated heterocycles. The first kappa shape index (κ1) is 22.2. The van der Waals surface area contributed by atoms with Crippen LogP contribution < -0.4 is 15.0 Å². The summed E-state index contributed by atoms with van der Waals surface area (Å²) >= 11 is 0. The second-order valence-electron chi connectivity index (χ2n) is 6.97. The molecule has 0 saturated carbocycles. The number of anilines is 1. The van der Waals surface area contributed by atoms with Crippen molar-refractivity contribution in [3.05, 3.63) is 53.9 Å². The molecule has 1 atom stereocenters. The average molecular weight is 433 g/mol. The number of carbonyl (C=O) groups is 1. The fourth-order valence-electron chi connectivity index (χ4n) is 3.44. The SMILES string of the molecule is CCNC(=O)N1CCN(c2ccc(C#N)c(C(F)(F)F)c2)CC1COc1cccnc1. The molecule has 1 aliphatic rings. The third kappa shape index (κ3) is 5.36. The maximum Gasteiger partial charge on any atom is 0.417 e. The van der Waals surface area contributed by atoms with Crippen molar-refractivity contribution in [3.8, 4) is 11.8 Å². The summed E-state index contributed by atoms with van der Waals surface area (Å²) in [6, 6.07) is 8.05. The molecule has 31 heavy (non-hydrogen) atoms. The lowest BCUT2D eigenvalue weighted by atomic mass is 10.1. The van der Waals surface area contributed by atoms with E-state index in [1.165, 1.54) is 12.1 Å². The maximum atomic E-state index is 13.4. The van der Waals surface area contributed by atoms with Crippen molar-refractivity contribution in [3.63, 3.8) is 0 Å². The molecule has 1 N–H and O–H groups in total. The first-order valence-electron chi connectivity index (χ1n) is 9.77. The summed E-state index contributed by atoms with van der Waals surface area (Å²) in [5.74, 6) is 0.535. The van der Waals surface area contributed by atoms with Crippen LogP contribution in [0, 0.1) is 11.3 Å². The number of hydrogen-bond acceptors (Lipinski definition) is 5. The number of nitrogens with one attached hydrogen (secondary N) is 1. The average Bonchev–Trinajstić information content (AvgIpc) is 2.77. The number of ether oxygens (including phenoxy) is 1. The van der Waals surface area contributed by atoms with Crippen molar-refractivity contribution < 1.29 is 22.7 Å². The summed E-state index contributed by atoms with van der Waals surface area (Å²) < 4.78 is 45.9. The fourth-order valence-corrected chi connectivity index (χ4v) is 3.44. The molecular weight excluding hydrogens is 411 g/mol. The minimum absolute atomic E-state index is 0.154. The number of benzene rings is 1. The van der Waals surface area contributed by atoms with Crippen LogP contribution in [0.4, 0.5) is 23.7 Å². The maximum absolute atomic E-state index is 13.4. The van der Waals surface area contributed by atoms with Gasteiger partial charge in [0, 0.05) is 38.1 Å². The second kappa shape index (κ2) is 9.55. The van der Waals surface area contributed by atoms with Gasteiger partial charge in [-0.2, -0.15) is 18.4 Å². The van der Waals surface area contributed by atoms with E-state index in [2.05, 4.69) is 10.3 Å². The molecule has 2 aromatic rings. The summed E-state index contributed by atoms with van der Waals surface area (Å²) in [6.45, 7) is 3.37. The predicted molar refractivity (Wildman–Crippen MR) is 108 cm³/mol. The Morgan fingerprint density at radius 2 is 2.16 bits per heavy atom. The molecule has 0 spiro atoms. The molecule has 3 rings (SSSR count). The van der Waals surface area contributed by atoms with E-state index in [4.69, 9.17) is 10.00 Å². The number of amides is 2. The number of carbonyl (C=O) groups excluding carboxylic acids is 1. The molecule has 7 nitrogen and oxygen atoms in total. The molecule has 1 unspecified atom stereocenters. The minimum atomic E-state index is -4.63. The van der Waals surface area contributed by atoms with Crippen molar-refractivity contribution >= 4 is 11.7 Å². The molecule has 10 heteroatoms. The highest BCUT2D eigenvalue weighted by molar-refractivity contribution is 5.75. The topological polar surface area (TPSA) is 81.5 Å². The number of urea groups is 1. The van der Waals surface area contributed by atoms with Gasteiger partial charge in [-0.25, -0.2) is 4.79 Å². The quantitative estimate of drug-likeness (QED) is 0.783. The summed E-state index contributed by atoms with van der Waals surface area (Å²) in [4.78, 5) is 19.9. The van der Waals surface area contributed by atoms with Crippen molar-refractivity contribution in [1.82, 2.24) is 15.2 Å². The highest BCUT2D eigenvalue weighted by atomic mass is 19.4. The lowest BCUT2D eigenvalue weighted by molar-refractivity contribution is -0.137. The number of alkyl halides is 3. The highest BCUT2D eigenvalue weighted by Gasteiger charge is 2.36. The third-order valence-corrected chi connectivity index (χ3v) is 4.94. The Hall–Kier alpha value is -3.48.